The smallest absolute Gasteiger partial charge is 0.258 e. The lowest BCUT2D eigenvalue weighted by Gasteiger charge is -2.24. The average Bonchev–Trinajstić information content (AvgIpc) is 3.27. The molecule has 3 aromatic rings. The van der Waals surface area contributed by atoms with Gasteiger partial charge in [0.1, 0.15) is 5.82 Å². The molecular weight excluding hydrogens is 437 g/mol. The number of carbonyl (C=O) groups excluding carboxylic acids is 1. The van der Waals surface area contributed by atoms with Crippen LogP contribution in [0, 0.1) is 0 Å². The molecule has 0 saturated carbocycles. The monoisotopic (exact) mass is 457 g/mol. The Balaban J connectivity index is 1.57. The van der Waals surface area contributed by atoms with Gasteiger partial charge in [0.15, 0.2) is 0 Å². The van der Waals surface area contributed by atoms with E-state index in [9.17, 15) is 9.59 Å². The summed E-state index contributed by atoms with van der Waals surface area (Å²) in [6, 6.07) is 12.3. The molecule has 0 aliphatic carbocycles. The van der Waals surface area contributed by atoms with Crippen LogP contribution in [0.3, 0.4) is 0 Å². The van der Waals surface area contributed by atoms with Crippen LogP contribution in [0.1, 0.15) is 24.2 Å². The molecule has 1 aromatic heterocycles. The van der Waals surface area contributed by atoms with Gasteiger partial charge in [-0.3, -0.25) is 9.59 Å². The van der Waals surface area contributed by atoms with Crippen molar-refractivity contribution in [1.29, 1.82) is 0 Å². The van der Waals surface area contributed by atoms with E-state index < -0.39 is 0 Å². The van der Waals surface area contributed by atoms with Gasteiger partial charge < -0.3 is 14.6 Å². The fourth-order valence-corrected chi connectivity index (χ4v) is 3.85. The zero-order valence-corrected chi connectivity index (χ0v) is 18.2. The minimum absolute atomic E-state index is 0.0329. The van der Waals surface area contributed by atoms with Crippen molar-refractivity contribution in [2.75, 3.05) is 13.2 Å². The fourth-order valence-electron chi connectivity index (χ4n) is 3.55. The van der Waals surface area contributed by atoms with Gasteiger partial charge in [0.2, 0.25) is 5.91 Å². The van der Waals surface area contributed by atoms with E-state index >= 15 is 0 Å². The number of para-hydroxylation sites is 1. The van der Waals surface area contributed by atoms with Crippen molar-refractivity contribution in [2.45, 2.75) is 25.5 Å². The van der Waals surface area contributed by atoms with Crippen molar-refractivity contribution in [2.24, 2.45) is 0 Å². The number of H-pyrrole nitrogens is 1. The van der Waals surface area contributed by atoms with Crippen LogP contribution < -0.4 is 5.56 Å². The minimum atomic E-state index is -0.225. The molecule has 1 saturated heterocycles. The molecule has 0 spiro atoms. The molecule has 160 valence electrons. The van der Waals surface area contributed by atoms with Crippen molar-refractivity contribution in [3.8, 4) is 0 Å². The number of rotatable bonds is 6. The molecular formula is C23H21Cl2N3O3. The molecule has 4 rings (SSSR count). The second-order valence-electron chi connectivity index (χ2n) is 7.39. The molecule has 1 aliphatic rings. The van der Waals surface area contributed by atoms with Crippen molar-refractivity contribution >= 4 is 46.1 Å². The quantitative estimate of drug-likeness (QED) is 0.554. The first kappa shape index (κ1) is 21.6. The van der Waals surface area contributed by atoms with E-state index in [1.807, 2.05) is 6.07 Å². The number of hydrogen-bond donors (Lipinski definition) is 1. The first-order valence-corrected chi connectivity index (χ1v) is 10.8. The summed E-state index contributed by atoms with van der Waals surface area (Å²) in [5, 5.41) is 1.39. The summed E-state index contributed by atoms with van der Waals surface area (Å²) >= 11 is 12.0. The summed E-state index contributed by atoms with van der Waals surface area (Å²) < 4.78 is 5.71. The van der Waals surface area contributed by atoms with Gasteiger partial charge in [-0.1, -0.05) is 41.4 Å². The topological polar surface area (TPSA) is 75.3 Å². The predicted molar refractivity (Wildman–Crippen MR) is 122 cm³/mol. The Morgan fingerprint density at radius 2 is 2.06 bits per heavy atom. The van der Waals surface area contributed by atoms with E-state index in [1.165, 1.54) is 6.08 Å². The molecule has 31 heavy (non-hydrogen) atoms. The Morgan fingerprint density at radius 1 is 1.23 bits per heavy atom. The number of halogens is 2. The van der Waals surface area contributed by atoms with Crippen molar-refractivity contribution < 1.29 is 9.53 Å². The molecule has 1 amide bonds. The van der Waals surface area contributed by atoms with Crippen LogP contribution in [0.15, 0.2) is 53.3 Å². The van der Waals surface area contributed by atoms with Crippen molar-refractivity contribution in [1.82, 2.24) is 14.9 Å². The lowest BCUT2D eigenvalue weighted by molar-refractivity contribution is -0.128. The SMILES string of the molecule is O=C(/C=C/c1ccc(Cl)c(Cl)c1)N(Cc1nc2ccccc2c(=O)[nH]1)CC1CCCO1. The number of nitrogens with zero attached hydrogens (tertiary/aromatic N) is 2. The van der Waals surface area contributed by atoms with Crippen LogP contribution in [0.4, 0.5) is 0 Å². The summed E-state index contributed by atoms with van der Waals surface area (Å²) in [6.07, 6.45) is 4.99. The molecule has 0 bridgehead atoms. The first-order valence-electron chi connectivity index (χ1n) is 10.0. The number of fused-ring (bicyclic) bond motifs is 1. The predicted octanol–water partition coefficient (Wildman–Crippen LogP) is 4.45. The van der Waals surface area contributed by atoms with Gasteiger partial charge in [-0.25, -0.2) is 4.98 Å². The van der Waals surface area contributed by atoms with Crippen molar-refractivity contribution in [3.05, 3.63) is 80.3 Å². The van der Waals surface area contributed by atoms with Gasteiger partial charge >= 0.3 is 0 Å². The standard InChI is InChI=1S/C23H21Cl2N3O3/c24-18-9-7-15(12-19(18)25)8-10-22(29)28(13-16-4-3-11-31-16)14-21-26-20-6-2-1-5-17(20)23(30)27-21/h1-2,5-10,12,16H,3-4,11,13-14H2,(H,26,27,30)/b10-8+. The Bertz CT molecular complexity index is 1190. The zero-order valence-electron chi connectivity index (χ0n) is 16.7. The third-order valence-electron chi connectivity index (χ3n) is 5.12. The Hall–Kier alpha value is -2.67. The maximum Gasteiger partial charge on any atom is 0.258 e. The lowest BCUT2D eigenvalue weighted by Crippen LogP contribution is -2.36. The van der Waals surface area contributed by atoms with Gasteiger partial charge in [-0.2, -0.15) is 0 Å². The second kappa shape index (κ2) is 9.64. The molecule has 2 heterocycles. The van der Waals surface area contributed by atoms with E-state index in [0.29, 0.717) is 39.9 Å². The Labute approximate surface area is 189 Å². The third-order valence-corrected chi connectivity index (χ3v) is 5.86. The highest BCUT2D eigenvalue weighted by molar-refractivity contribution is 6.42. The number of ether oxygens (including phenoxy) is 1. The Morgan fingerprint density at radius 3 is 2.84 bits per heavy atom. The van der Waals surface area contributed by atoms with E-state index in [2.05, 4.69) is 9.97 Å². The summed E-state index contributed by atoms with van der Waals surface area (Å²) in [7, 11) is 0. The number of aromatic amines is 1. The highest BCUT2D eigenvalue weighted by atomic mass is 35.5. The average molecular weight is 458 g/mol. The van der Waals surface area contributed by atoms with Gasteiger partial charge in [-0.05, 0) is 48.7 Å². The molecule has 0 radical (unpaired) electrons. The third kappa shape index (κ3) is 5.34. The molecule has 1 aliphatic heterocycles. The molecule has 1 N–H and O–H groups in total. The molecule has 8 heteroatoms. The number of aromatic nitrogens is 2. The normalized spacial score (nSPS) is 16.3. The first-order chi connectivity index (χ1) is 15.0. The highest BCUT2D eigenvalue weighted by Crippen LogP contribution is 2.23. The molecule has 6 nitrogen and oxygen atoms in total. The molecule has 1 fully saturated rings. The maximum absolute atomic E-state index is 13.0. The van der Waals surface area contributed by atoms with E-state index in [4.69, 9.17) is 27.9 Å². The van der Waals surface area contributed by atoms with Gasteiger partial charge in [0.05, 0.1) is 33.6 Å². The number of nitrogens with one attached hydrogen (secondary N) is 1. The van der Waals surface area contributed by atoms with E-state index in [1.54, 1.807) is 47.4 Å². The number of carbonyl (C=O) groups is 1. The summed E-state index contributed by atoms with van der Waals surface area (Å²) in [6.45, 7) is 1.28. The summed E-state index contributed by atoms with van der Waals surface area (Å²) in [4.78, 5) is 34.4. The van der Waals surface area contributed by atoms with Gasteiger partial charge in [-0.15, -0.1) is 0 Å². The number of benzene rings is 2. The van der Waals surface area contributed by atoms with Crippen LogP contribution in [-0.4, -0.2) is 40.0 Å². The summed E-state index contributed by atoms with van der Waals surface area (Å²) in [5.41, 5.74) is 1.13. The van der Waals surface area contributed by atoms with Crippen LogP contribution in [-0.2, 0) is 16.1 Å². The largest absolute Gasteiger partial charge is 0.376 e. The molecule has 1 atom stereocenters. The molecule has 2 aromatic carbocycles. The van der Waals surface area contributed by atoms with E-state index in [0.717, 1.165) is 18.4 Å². The van der Waals surface area contributed by atoms with Crippen LogP contribution in [0.5, 0.6) is 0 Å². The van der Waals surface area contributed by atoms with Crippen LogP contribution >= 0.6 is 23.2 Å². The minimum Gasteiger partial charge on any atom is -0.376 e. The lowest BCUT2D eigenvalue weighted by atomic mass is 10.2. The van der Waals surface area contributed by atoms with E-state index in [-0.39, 0.29) is 24.1 Å². The zero-order chi connectivity index (χ0) is 21.8. The maximum atomic E-state index is 13.0. The van der Waals surface area contributed by atoms with Crippen LogP contribution in [0.25, 0.3) is 17.0 Å². The summed E-state index contributed by atoms with van der Waals surface area (Å²) in [5.74, 6) is 0.218. The molecule has 1 unspecified atom stereocenters. The van der Waals surface area contributed by atoms with Gasteiger partial charge in [0, 0.05) is 19.2 Å². The number of amides is 1. The van der Waals surface area contributed by atoms with Crippen molar-refractivity contribution in [3.63, 3.8) is 0 Å². The fraction of sp³-hybridized carbons (Fsp3) is 0.261. The Kier molecular flexibility index (Phi) is 6.70. The number of hydrogen-bond acceptors (Lipinski definition) is 4. The van der Waals surface area contributed by atoms with Gasteiger partial charge in [0.25, 0.3) is 5.56 Å². The second-order valence-corrected chi connectivity index (χ2v) is 8.20. The van der Waals surface area contributed by atoms with Crippen LogP contribution in [0.2, 0.25) is 10.0 Å². The highest BCUT2D eigenvalue weighted by Gasteiger charge is 2.22.